The van der Waals surface area contributed by atoms with Crippen molar-refractivity contribution in [2.45, 2.75) is 33.7 Å². The SMILES string of the molecule is CCN(CC)C(=O)Oc1cc(C(C)N2CCOCC2)ccc1C(C)=O. The number of amides is 1. The van der Waals surface area contributed by atoms with Gasteiger partial charge in [-0.05, 0) is 45.4 Å². The van der Waals surface area contributed by atoms with E-state index in [2.05, 4.69) is 11.8 Å². The molecule has 0 spiro atoms. The van der Waals surface area contributed by atoms with E-state index < -0.39 is 6.09 Å². The lowest BCUT2D eigenvalue weighted by Crippen LogP contribution is -2.38. The van der Waals surface area contributed by atoms with Gasteiger partial charge in [0.2, 0.25) is 0 Å². The number of benzene rings is 1. The van der Waals surface area contributed by atoms with E-state index in [4.69, 9.17) is 9.47 Å². The predicted molar refractivity (Wildman–Crippen MR) is 96.2 cm³/mol. The zero-order valence-electron chi connectivity index (χ0n) is 15.6. The largest absolute Gasteiger partial charge is 0.415 e. The van der Waals surface area contributed by atoms with Crippen molar-refractivity contribution in [3.8, 4) is 5.75 Å². The molecule has 1 aliphatic heterocycles. The summed E-state index contributed by atoms with van der Waals surface area (Å²) in [7, 11) is 0. The minimum atomic E-state index is -0.427. The highest BCUT2D eigenvalue weighted by molar-refractivity contribution is 5.97. The highest BCUT2D eigenvalue weighted by atomic mass is 16.6. The van der Waals surface area contributed by atoms with Crippen LogP contribution in [0.1, 0.15) is 49.7 Å². The molecule has 6 heteroatoms. The molecule has 0 saturated carbocycles. The van der Waals surface area contributed by atoms with Gasteiger partial charge in [0, 0.05) is 32.2 Å². The molecule has 2 rings (SSSR count). The third kappa shape index (κ3) is 4.80. The van der Waals surface area contributed by atoms with Crippen LogP contribution in [-0.2, 0) is 4.74 Å². The van der Waals surface area contributed by atoms with Crippen LogP contribution in [0.15, 0.2) is 18.2 Å². The molecule has 0 aromatic heterocycles. The Kier molecular flexibility index (Phi) is 6.96. The van der Waals surface area contributed by atoms with Gasteiger partial charge in [-0.25, -0.2) is 4.79 Å². The van der Waals surface area contributed by atoms with Crippen molar-refractivity contribution in [2.24, 2.45) is 0 Å². The predicted octanol–water partition coefficient (Wildman–Crippen LogP) is 3.12. The zero-order chi connectivity index (χ0) is 18.4. The van der Waals surface area contributed by atoms with Crippen molar-refractivity contribution in [1.29, 1.82) is 0 Å². The molecule has 1 amide bonds. The van der Waals surface area contributed by atoms with Gasteiger partial charge in [0.25, 0.3) is 0 Å². The molecular weight excluding hydrogens is 320 g/mol. The second-order valence-electron chi connectivity index (χ2n) is 6.18. The Hall–Kier alpha value is -1.92. The van der Waals surface area contributed by atoms with E-state index in [1.165, 1.54) is 6.92 Å². The Morgan fingerprint density at radius 3 is 2.44 bits per heavy atom. The summed E-state index contributed by atoms with van der Waals surface area (Å²) in [4.78, 5) is 28.1. The molecule has 6 nitrogen and oxygen atoms in total. The number of morpholine rings is 1. The van der Waals surface area contributed by atoms with Gasteiger partial charge < -0.3 is 14.4 Å². The number of ether oxygens (including phenoxy) is 2. The standard InChI is InChI=1S/C19H28N2O4/c1-5-20(6-2)19(23)25-18-13-16(7-8-17(18)15(4)22)14(3)21-9-11-24-12-10-21/h7-8,13-14H,5-6,9-12H2,1-4H3. The fraction of sp³-hybridized carbons (Fsp3) is 0.579. The van der Waals surface area contributed by atoms with Crippen LogP contribution in [0.3, 0.4) is 0 Å². The summed E-state index contributed by atoms with van der Waals surface area (Å²) >= 11 is 0. The molecule has 0 aliphatic carbocycles. The van der Waals surface area contributed by atoms with Crippen molar-refractivity contribution in [3.05, 3.63) is 29.3 Å². The minimum Gasteiger partial charge on any atom is -0.409 e. The van der Waals surface area contributed by atoms with Crippen LogP contribution in [0, 0.1) is 0 Å². The molecule has 138 valence electrons. The Morgan fingerprint density at radius 2 is 1.88 bits per heavy atom. The topological polar surface area (TPSA) is 59.1 Å². The average Bonchev–Trinajstić information content (AvgIpc) is 2.62. The summed E-state index contributed by atoms with van der Waals surface area (Å²) in [5.41, 5.74) is 1.45. The van der Waals surface area contributed by atoms with Crippen molar-refractivity contribution >= 4 is 11.9 Å². The van der Waals surface area contributed by atoms with Gasteiger partial charge in [-0.2, -0.15) is 0 Å². The molecule has 0 radical (unpaired) electrons. The Morgan fingerprint density at radius 1 is 1.24 bits per heavy atom. The molecule has 1 unspecified atom stereocenters. The van der Waals surface area contributed by atoms with E-state index in [-0.39, 0.29) is 11.8 Å². The number of rotatable bonds is 6. The van der Waals surface area contributed by atoms with Gasteiger partial charge in [0.1, 0.15) is 5.75 Å². The van der Waals surface area contributed by atoms with Crippen LogP contribution < -0.4 is 4.74 Å². The molecule has 25 heavy (non-hydrogen) atoms. The summed E-state index contributed by atoms with van der Waals surface area (Å²) in [6.07, 6.45) is -0.427. The van der Waals surface area contributed by atoms with Crippen LogP contribution in [0.2, 0.25) is 0 Å². The van der Waals surface area contributed by atoms with Crippen LogP contribution in [0.25, 0.3) is 0 Å². The van der Waals surface area contributed by atoms with Crippen molar-refractivity contribution < 1.29 is 19.1 Å². The van der Waals surface area contributed by atoms with Crippen LogP contribution in [0.4, 0.5) is 4.79 Å². The monoisotopic (exact) mass is 348 g/mol. The van der Waals surface area contributed by atoms with Gasteiger partial charge in [0.15, 0.2) is 5.78 Å². The van der Waals surface area contributed by atoms with Gasteiger partial charge >= 0.3 is 6.09 Å². The normalized spacial score (nSPS) is 16.3. The molecule has 1 atom stereocenters. The second-order valence-corrected chi connectivity index (χ2v) is 6.18. The first-order chi connectivity index (χ1) is 12.0. The lowest BCUT2D eigenvalue weighted by atomic mass is 10.0. The minimum absolute atomic E-state index is 0.118. The average molecular weight is 348 g/mol. The van der Waals surface area contributed by atoms with E-state index in [1.54, 1.807) is 11.0 Å². The summed E-state index contributed by atoms with van der Waals surface area (Å²) in [6.45, 7) is 11.7. The molecule has 1 heterocycles. The van der Waals surface area contributed by atoms with Gasteiger partial charge in [-0.3, -0.25) is 9.69 Å². The second kappa shape index (κ2) is 8.97. The first-order valence-electron chi connectivity index (χ1n) is 8.91. The highest BCUT2D eigenvalue weighted by Crippen LogP contribution is 2.28. The number of ketones is 1. The molecule has 1 fully saturated rings. The Balaban J connectivity index is 2.26. The molecule has 1 aromatic rings. The fourth-order valence-electron chi connectivity index (χ4n) is 2.99. The van der Waals surface area contributed by atoms with E-state index >= 15 is 0 Å². The van der Waals surface area contributed by atoms with Gasteiger partial charge in [-0.1, -0.05) is 6.07 Å². The van der Waals surface area contributed by atoms with Gasteiger partial charge in [0.05, 0.1) is 18.8 Å². The van der Waals surface area contributed by atoms with E-state index in [0.29, 0.717) is 24.4 Å². The summed E-state index contributed by atoms with van der Waals surface area (Å²) in [6, 6.07) is 5.67. The number of carbonyl (C=O) groups excluding carboxylic acids is 2. The Labute approximate surface area is 149 Å². The van der Waals surface area contributed by atoms with Crippen LogP contribution >= 0.6 is 0 Å². The fourth-order valence-corrected chi connectivity index (χ4v) is 2.99. The first-order valence-corrected chi connectivity index (χ1v) is 8.91. The molecule has 1 aliphatic rings. The smallest absolute Gasteiger partial charge is 0.409 e. The van der Waals surface area contributed by atoms with E-state index in [0.717, 1.165) is 31.9 Å². The molecule has 0 bridgehead atoms. The number of nitrogens with zero attached hydrogens (tertiary/aromatic N) is 2. The maximum atomic E-state index is 12.3. The molecular formula is C19H28N2O4. The number of carbonyl (C=O) groups is 2. The third-order valence-electron chi connectivity index (χ3n) is 4.68. The zero-order valence-corrected chi connectivity index (χ0v) is 15.6. The van der Waals surface area contributed by atoms with Crippen LogP contribution in [-0.4, -0.2) is 61.1 Å². The van der Waals surface area contributed by atoms with Gasteiger partial charge in [-0.15, -0.1) is 0 Å². The molecule has 1 saturated heterocycles. The Bertz CT molecular complexity index is 607. The van der Waals surface area contributed by atoms with E-state index in [9.17, 15) is 9.59 Å². The number of hydrogen-bond donors (Lipinski definition) is 0. The number of hydrogen-bond acceptors (Lipinski definition) is 5. The lowest BCUT2D eigenvalue weighted by molar-refractivity contribution is 0.0198. The highest BCUT2D eigenvalue weighted by Gasteiger charge is 2.22. The van der Waals surface area contributed by atoms with Crippen molar-refractivity contribution in [1.82, 2.24) is 9.80 Å². The van der Waals surface area contributed by atoms with Crippen LogP contribution in [0.5, 0.6) is 5.75 Å². The maximum absolute atomic E-state index is 12.3. The number of Topliss-reactive ketones (excluding diaryl/α,β-unsaturated/α-hetero) is 1. The van der Waals surface area contributed by atoms with E-state index in [1.807, 2.05) is 26.0 Å². The van der Waals surface area contributed by atoms with Crippen molar-refractivity contribution in [2.75, 3.05) is 39.4 Å². The quantitative estimate of drug-likeness (QED) is 0.739. The van der Waals surface area contributed by atoms with Crippen molar-refractivity contribution in [3.63, 3.8) is 0 Å². The summed E-state index contributed by atoms with van der Waals surface area (Å²) in [5, 5.41) is 0. The molecule has 1 aromatic carbocycles. The molecule has 0 N–H and O–H groups in total. The lowest BCUT2D eigenvalue weighted by Gasteiger charge is -2.32. The summed E-state index contributed by atoms with van der Waals surface area (Å²) in [5.74, 6) is 0.218. The first kappa shape index (κ1) is 19.4. The third-order valence-corrected chi connectivity index (χ3v) is 4.68. The maximum Gasteiger partial charge on any atom is 0.415 e. The summed E-state index contributed by atoms with van der Waals surface area (Å²) < 4.78 is 11.0.